The standard InChI is InChI=1S/C16H14N2OS3/c1-20-12-5-3-4-10(8-12)15(19)17-11-6-7-13-14(9-11)22-16(18-13)21-2/h3-9H,1-2H3,(H,17,19). The van der Waals surface area contributed by atoms with Gasteiger partial charge in [-0.15, -0.1) is 23.1 Å². The lowest BCUT2D eigenvalue weighted by atomic mass is 10.2. The van der Waals surface area contributed by atoms with Gasteiger partial charge in [-0.1, -0.05) is 17.8 Å². The maximum absolute atomic E-state index is 12.3. The van der Waals surface area contributed by atoms with Gasteiger partial charge in [-0.3, -0.25) is 4.79 Å². The molecule has 112 valence electrons. The van der Waals surface area contributed by atoms with Gasteiger partial charge in [0.25, 0.3) is 5.91 Å². The van der Waals surface area contributed by atoms with E-state index in [9.17, 15) is 4.79 Å². The molecule has 0 radical (unpaired) electrons. The third-order valence-corrected chi connectivity index (χ3v) is 5.86. The monoisotopic (exact) mass is 346 g/mol. The number of aromatic nitrogens is 1. The van der Waals surface area contributed by atoms with E-state index in [0.717, 1.165) is 25.1 Å². The Morgan fingerprint density at radius 2 is 2.00 bits per heavy atom. The molecule has 0 aliphatic carbocycles. The summed E-state index contributed by atoms with van der Waals surface area (Å²) in [6.45, 7) is 0. The second-order valence-corrected chi connectivity index (χ2v) is 7.52. The molecule has 1 amide bonds. The summed E-state index contributed by atoms with van der Waals surface area (Å²) < 4.78 is 2.12. The van der Waals surface area contributed by atoms with Crippen LogP contribution in [0.4, 0.5) is 5.69 Å². The second-order valence-electron chi connectivity index (χ2n) is 4.55. The maximum Gasteiger partial charge on any atom is 0.255 e. The number of carbonyl (C=O) groups excluding carboxylic acids is 1. The van der Waals surface area contributed by atoms with Crippen molar-refractivity contribution in [3.05, 3.63) is 48.0 Å². The number of anilines is 1. The Balaban J connectivity index is 1.83. The van der Waals surface area contributed by atoms with Crippen LogP contribution in [0.1, 0.15) is 10.4 Å². The first-order valence-corrected chi connectivity index (χ1v) is 9.86. The van der Waals surface area contributed by atoms with Gasteiger partial charge in [-0.05, 0) is 48.9 Å². The van der Waals surface area contributed by atoms with Crippen LogP contribution >= 0.6 is 34.9 Å². The van der Waals surface area contributed by atoms with Gasteiger partial charge < -0.3 is 5.32 Å². The number of nitrogens with one attached hydrogen (secondary N) is 1. The summed E-state index contributed by atoms with van der Waals surface area (Å²) in [5.74, 6) is -0.0927. The largest absolute Gasteiger partial charge is 0.322 e. The summed E-state index contributed by atoms with van der Waals surface area (Å²) in [5, 5.41) is 2.95. The fraction of sp³-hybridized carbons (Fsp3) is 0.125. The predicted octanol–water partition coefficient (Wildman–Crippen LogP) is 4.99. The van der Waals surface area contributed by atoms with Crippen molar-refractivity contribution in [2.45, 2.75) is 9.24 Å². The smallest absolute Gasteiger partial charge is 0.255 e. The van der Waals surface area contributed by atoms with Gasteiger partial charge in [0.2, 0.25) is 0 Å². The van der Waals surface area contributed by atoms with Crippen LogP contribution in [0.25, 0.3) is 10.2 Å². The average molecular weight is 347 g/mol. The first-order chi connectivity index (χ1) is 10.7. The molecule has 0 spiro atoms. The molecule has 1 N–H and O–H groups in total. The molecule has 0 unspecified atom stereocenters. The van der Waals surface area contributed by atoms with Crippen LogP contribution in [-0.4, -0.2) is 23.4 Å². The Bertz CT molecular complexity index is 829. The molecule has 3 aromatic rings. The summed E-state index contributed by atoms with van der Waals surface area (Å²) in [4.78, 5) is 17.9. The predicted molar refractivity (Wildman–Crippen MR) is 97.6 cm³/mol. The Labute approximate surface area is 141 Å². The zero-order valence-corrected chi connectivity index (χ0v) is 14.6. The highest BCUT2D eigenvalue weighted by Crippen LogP contribution is 2.30. The number of amides is 1. The zero-order chi connectivity index (χ0) is 15.5. The van der Waals surface area contributed by atoms with E-state index in [0.29, 0.717) is 5.56 Å². The van der Waals surface area contributed by atoms with E-state index in [-0.39, 0.29) is 5.91 Å². The third kappa shape index (κ3) is 3.29. The lowest BCUT2D eigenvalue weighted by Crippen LogP contribution is -2.11. The molecule has 2 aromatic carbocycles. The van der Waals surface area contributed by atoms with Crippen molar-refractivity contribution < 1.29 is 4.79 Å². The summed E-state index contributed by atoms with van der Waals surface area (Å²) in [6.07, 6.45) is 4.01. The van der Waals surface area contributed by atoms with E-state index < -0.39 is 0 Å². The van der Waals surface area contributed by atoms with Crippen molar-refractivity contribution in [3.63, 3.8) is 0 Å². The highest BCUT2D eigenvalue weighted by Gasteiger charge is 2.09. The number of rotatable bonds is 4. The zero-order valence-electron chi connectivity index (χ0n) is 12.1. The van der Waals surface area contributed by atoms with Crippen LogP contribution in [0.3, 0.4) is 0 Å². The molecule has 0 aliphatic heterocycles. The minimum atomic E-state index is -0.0927. The van der Waals surface area contributed by atoms with E-state index in [1.54, 1.807) is 34.9 Å². The molecule has 6 heteroatoms. The van der Waals surface area contributed by atoms with Crippen LogP contribution in [-0.2, 0) is 0 Å². The van der Waals surface area contributed by atoms with Gasteiger partial charge in [0.15, 0.2) is 4.34 Å². The number of carbonyl (C=O) groups is 1. The Morgan fingerprint density at radius 3 is 2.77 bits per heavy atom. The van der Waals surface area contributed by atoms with E-state index >= 15 is 0 Å². The maximum atomic E-state index is 12.3. The Hall–Kier alpha value is -1.50. The summed E-state index contributed by atoms with van der Waals surface area (Å²) >= 11 is 4.90. The lowest BCUT2D eigenvalue weighted by molar-refractivity contribution is 0.102. The lowest BCUT2D eigenvalue weighted by Gasteiger charge is -2.06. The van der Waals surface area contributed by atoms with E-state index in [1.165, 1.54) is 0 Å². The molecule has 3 rings (SSSR count). The summed E-state index contributed by atoms with van der Waals surface area (Å²) in [6, 6.07) is 13.4. The highest BCUT2D eigenvalue weighted by molar-refractivity contribution is 8.00. The SMILES string of the molecule is CSc1cccc(C(=O)Nc2ccc3nc(SC)sc3c2)c1. The van der Waals surface area contributed by atoms with Crippen LogP contribution < -0.4 is 5.32 Å². The quantitative estimate of drug-likeness (QED) is 0.676. The fourth-order valence-corrected chi connectivity index (χ4v) is 4.02. The molecule has 1 aromatic heterocycles. The van der Waals surface area contributed by atoms with E-state index in [2.05, 4.69) is 10.3 Å². The van der Waals surface area contributed by atoms with Gasteiger partial charge in [0, 0.05) is 16.1 Å². The van der Waals surface area contributed by atoms with Gasteiger partial charge in [0.05, 0.1) is 10.2 Å². The van der Waals surface area contributed by atoms with Gasteiger partial charge in [0.1, 0.15) is 0 Å². The second kappa shape index (κ2) is 6.73. The van der Waals surface area contributed by atoms with Crippen molar-refractivity contribution in [3.8, 4) is 0 Å². The number of hydrogen-bond acceptors (Lipinski definition) is 5. The van der Waals surface area contributed by atoms with E-state index in [4.69, 9.17) is 0 Å². The molecular weight excluding hydrogens is 332 g/mol. The normalized spacial score (nSPS) is 10.8. The number of thioether (sulfide) groups is 2. The number of benzene rings is 2. The van der Waals surface area contributed by atoms with Crippen molar-refractivity contribution >= 4 is 56.7 Å². The number of hydrogen-bond donors (Lipinski definition) is 1. The summed E-state index contributed by atoms with van der Waals surface area (Å²) in [7, 11) is 0. The van der Waals surface area contributed by atoms with Crippen LogP contribution in [0.5, 0.6) is 0 Å². The van der Waals surface area contributed by atoms with Crippen molar-refractivity contribution in [1.29, 1.82) is 0 Å². The number of thiazole rings is 1. The average Bonchev–Trinajstić information content (AvgIpc) is 2.97. The number of nitrogens with zero attached hydrogens (tertiary/aromatic N) is 1. The van der Waals surface area contributed by atoms with Crippen molar-refractivity contribution in [2.24, 2.45) is 0 Å². The number of fused-ring (bicyclic) bond motifs is 1. The molecule has 1 heterocycles. The first-order valence-electron chi connectivity index (χ1n) is 6.59. The van der Waals surface area contributed by atoms with Crippen LogP contribution in [0, 0.1) is 0 Å². The minimum absolute atomic E-state index is 0.0927. The molecular formula is C16H14N2OS3. The Kier molecular flexibility index (Phi) is 4.71. The molecule has 0 atom stereocenters. The van der Waals surface area contributed by atoms with Gasteiger partial charge in [-0.25, -0.2) is 4.98 Å². The molecule has 0 bridgehead atoms. The van der Waals surface area contributed by atoms with Crippen LogP contribution in [0.2, 0.25) is 0 Å². The topological polar surface area (TPSA) is 42.0 Å². The van der Waals surface area contributed by atoms with E-state index in [1.807, 2.05) is 55.0 Å². The van der Waals surface area contributed by atoms with Crippen molar-refractivity contribution in [2.75, 3.05) is 17.8 Å². The minimum Gasteiger partial charge on any atom is -0.322 e. The Morgan fingerprint density at radius 1 is 1.14 bits per heavy atom. The molecule has 0 saturated carbocycles. The third-order valence-electron chi connectivity index (χ3n) is 3.13. The molecule has 0 fully saturated rings. The first kappa shape index (κ1) is 15.4. The molecule has 0 aliphatic rings. The molecule has 3 nitrogen and oxygen atoms in total. The summed E-state index contributed by atoms with van der Waals surface area (Å²) in [5.41, 5.74) is 2.43. The van der Waals surface area contributed by atoms with Crippen LogP contribution in [0.15, 0.2) is 51.7 Å². The molecule has 22 heavy (non-hydrogen) atoms. The van der Waals surface area contributed by atoms with Gasteiger partial charge in [-0.2, -0.15) is 0 Å². The van der Waals surface area contributed by atoms with Gasteiger partial charge >= 0.3 is 0 Å². The van der Waals surface area contributed by atoms with Crippen molar-refractivity contribution in [1.82, 2.24) is 4.98 Å². The highest BCUT2D eigenvalue weighted by atomic mass is 32.2. The fourth-order valence-electron chi connectivity index (χ4n) is 2.04. The molecule has 0 saturated heterocycles.